The van der Waals surface area contributed by atoms with Crippen LogP contribution < -0.4 is 10.6 Å². The molecule has 3 aromatic rings. The molecule has 7 nitrogen and oxygen atoms in total. The van der Waals surface area contributed by atoms with Gasteiger partial charge in [-0.2, -0.15) is 5.10 Å². The van der Waals surface area contributed by atoms with E-state index in [-0.39, 0.29) is 24.9 Å². The maximum absolute atomic E-state index is 13.2. The zero-order valence-electron chi connectivity index (χ0n) is 20.7. The summed E-state index contributed by atoms with van der Waals surface area (Å²) in [4.78, 5) is 18.9. The Morgan fingerprint density at radius 1 is 1.08 bits per heavy atom. The van der Waals surface area contributed by atoms with Gasteiger partial charge in [0.05, 0.1) is 6.20 Å². The van der Waals surface area contributed by atoms with E-state index in [1.807, 2.05) is 36.7 Å². The van der Waals surface area contributed by atoms with Gasteiger partial charge >= 0.3 is 0 Å². The van der Waals surface area contributed by atoms with E-state index >= 15 is 0 Å². The minimum Gasteiger partial charge on any atom is -0.362 e. The van der Waals surface area contributed by atoms with Crippen LogP contribution >= 0.6 is 0 Å². The molecule has 9 heteroatoms. The SMILES string of the molecule is Cc1c(N[C@H]2C=CN=C(c3ccc4c(c3)CN(C(=O)C3CC(F)(F)C3)C4)N2)ccc(-c2cn[nH]c2)c1C. The summed E-state index contributed by atoms with van der Waals surface area (Å²) in [6.07, 6.45) is 6.63. The Labute approximate surface area is 213 Å². The number of carbonyl (C=O) groups excluding carboxylic acids is 1. The van der Waals surface area contributed by atoms with Crippen LogP contribution in [0.25, 0.3) is 11.1 Å². The number of alkyl halides is 2. The number of fused-ring (bicyclic) bond motifs is 1. The van der Waals surface area contributed by atoms with Gasteiger partial charge in [-0.15, -0.1) is 0 Å². The number of carbonyl (C=O) groups is 1. The number of aliphatic imine (C=N–C) groups is 1. The minimum atomic E-state index is -2.69. The fourth-order valence-electron chi connectivity index (χ4n) is 5.33. The number of hydrogen-bond acceptors (Lipinski definition) is 5. The Morgan fingerprint density at radius 3 is 2.65 bits per heavy atom. The van der Waals surface area contributed by atoms with Crippen LogP contribution in [0.5, 0.6) is 0 Å². The van der Waals surface area contributed by atoms with Crippen LogP contribution in [0, 0.1) is 19.8 Å². The second kappa shape index (κ2) is 8.83. The van der Waals surface area contributed by atoms with E-state index in [1.165, 1.54) is 5.56 Å². The molecule has 3 N–H and O–H groups in total. The molecule has 1 amide bonds. The first-order valence-electron chi connectivity index (χ1n) is 12.4. The van der Waals surface area contributed by atoms with E-state index in [4.69, 9.17) is 0 Å². The lowest BCUT2D eigenvalue weighted by Gasteiger charge is -2.36. The number of aromatic nitrogens is 2. The van der Waals surface area contributed by atoms with Crippen LogP contribution in [0.3, 0.4) is 0 Å². The summed E-state index contributed by atoms with van der Waals surface area (Å²) in [5.41, 5.74) is 8.56. The highest BCUT2D eigenvalue weighted by atomic mass is 19.3. The van der Waals surface area contributed by atoms with Gasteiger partial charge in [0, 0.05) is 61.1 Å². The number of hydrogen-bond donors (Lipinski definition) is 3. The van der Waals surface area contributed by atoms with Crippen LogP contribution in [0.15, 0.2) is 60.0 Å². The van der Waals surface area contributed by atoms with E-state index in [0.29, 0.717) is 13.1 Å². The zero-order valence-corrected chi connectivity index (χ0v) is 20.7. The topological polar surface area (TPSA) is 85.4 Å². The Balaban J connectivity index is 1.13. The monoisotopic (exact) mass is 502 g/mol. The van der Waals surface area contributed by atoms with Gasteiger partial charge in [-0.25, -0.2) is 13.8 Å². The predicted octanol–water partition coefficient (Wildman–Crippen LogP) is 4.88. The van der Waals surface area contributed by atoms with Gasteiger partial charge in [0.25, 0.3) is 0 Å². The molecule has 2 aromatic carbocycles. The summed E-state index contributed by atoms with van der Waals surface area (Å²) in [7, 11) is 0. The van der Waals surface area contributed by atoms with Gasteiger partial charge in [0.2, 0.25) is 11.8 Å². The number of nitrogens with one attached hydrogen (secondary N) is 3. The first-order valence-corrected chi connectivity index (χ1v) is 12.4. The van der Waals surface area contributed by atoms with Crippen molar-refractivity contribution in [1.82, 2.24) is 20.4 Å². The number of nitrogens with zero attached hydrogens (tertiary/aromatic N) is 3. The standard InChI is InChI=1S/C28H28F2N6O/c1-16-17(2)24(6-5-23(16)22-12-32-33-13-22)34-25-7-8-31-26(35-25)18-3-4-19-14-36(15-20(19)9-18)27(37)21-10-28(29,30)11-21/h3-9,12-13,21,25,34H,10-11,14-15H2,1-2H3,(H,31,35)(H,32,33)/t25-/m1/s1. The van der Waals surface area contributed by atoms with Crippen LogP contribution in [-0.2, 0) is 17.9 Å². The van der Waals surface area contributed by atoms with E-state index in [0.717, 1.165) is 44.9 Å². The maximum atomic E-state index is 13.2. The molecule has 1 aliphatic carbocycles. The second-order valence-corrected chi connectivity index (χ2v) is 10.1. The summed E-state index contributed by atoms with van der Waals surface area (Å²) in [6.45, 7) is 5.11. The van der Waals surface area contributed by atoms with Crippen LogP contribution in [-0.4, -0.2) is 38.9 Å². The second-order valence-electron chi connectivity index (χ2n) is 10.1. The molecule has 0 saturated heterocycles. The van der Waals surface area contributed by atoms with Crippen molar-refractivity contribution in [3.63, 3.8) is 0 Å². The smallest absolute Gasteiger partial charge is 0.249 e. The van der Waals surface area contributed by atoms with E-state index in [2.05, 4.69) is 51.8 Å². The third-order valence-corrected chi connectivity index (χ3v) is 7.63. The Morgan fingerprint density at radius 2 is 1.89 bits per heavy atom. The molecule has 1 aromatic heterocycles. The Hall–Kier alpha value is -4.01. The highest BCUT2D eigenvalue weighted by Gasteiger charge is 2.50. The molecular formula is C28H28F2N6O. The number of amidine groups is 1. The normalized spacial score (nSPS) is 20.2. The third-order valence-electron chi connectivity index (χ3n) is 7.63. The Bertz CT molecular complexity index is 1420. The molecule has 0 bridgehead atoms. The quantitative estimate of drug-likeness (QED) is 0.464. The summed E-state index contributed by atoms with van der Waals surface area (Å²) < 4.78 is 26.5. The summed E-state index contributed by atoms with van der Waals surface area (Å²) in [5, 5.41) is 13.9. The van der Waals surface area contributed by atoms with Crippen LogP contribution in [0.2, 0.25) is 0 Å². The van der Waals surface area contributed by atoms with Crippen molar-refractivity contribution in [2.24, 2.45) is 10.9 Å². The fourth-order valence-corrected chi connectivity index (χ4v) is 5.33. The first-order chi connectivity index (χ1) is 17.8. The van der Waals surface area contributed by atoms with Crippen molar-refractivity contribution in [2.75, 3.05) is 5.32 Å². The molecular weight excluding hydrogens is 474 g/mol. The molecule has 6 rings (SSSR count). The number of anilines is 1. The van der Waals surface area contributed by atoms with Gasteiger partial charge in [0.1, 0.15) is 12.0 Å². The van der Waals surface area contributed by atoms with E-state index < -0.39 is 11.8 Å². The van der Waals surface area contributed by atoms with Crippen molar-refractivity contribution in [3.8, 4) is 11.1 Å². The Kier molecular flexibility index (Phi) is 5.58. The molecule has 2 aliphatic heterocycles. The van der Waals surface area contributed by atoms with Gasteiger partial charge in [-0.1, -0.05) is 18.2 Å². The van der Waals surface area contributed by atoms with Crippen molar-refractivity contribution < 1.29 is 13.6 Å². The molecule has 190 valence electrons. The lowest BCUT2D eigenvalue weighted by molar-refractivity contribution is -0.160. The number of benzene rings is 2. The number of rotatable bonds is 5. The number of halogens is 2. The molecule has 1 saturated carbocycles. The van der Waals surface area contributed by atoms with Crippen LogP contribution in [0.1, 0.15) is 40.7 Å². The summed E-state index contributed by atoms with van der Waals surface area (Å²) in [6, 6.07) is 10.2. The van der Waals surface area contributed by atoms with Gasteiger partial charge in [0.15, 0.2) is 0 Å². The van der Waals surface area contributed by atoms with Crippen molar-refractivity contribution >= 4 is 17.4 Å². The highest BCUT2D eigenvalue weighted by Crippen LogP contribution is 2.44. The minimum absolute atomic E-state index is 0.156. The zero-order chi connectivity index (χ0) is 25.7. The average Bonchev–Trinajstić information content (AvgIpc) is 3.55. The number of aromatic amines is 1. The summed E-state index contributed by atoms with van der Waals surface area (Å²) >= 11 is 0. The molecule has 1 atom stereocenters. The van der Waals surface area contributed by atoms with Crippen molar-refractivity contribution in [1.29, 1.82) is 0 Å². The average molecular weight is 503 g/mol. The van der Waals surface area contributed by atoms with Crippen molar-refractivity contribution in [2.45, 2.75) is 51.9 Å². The molecule has 37 heavy (non-hydrogen) atoms. The number of amides is 1. The summed E-state index contributed by atoms with van der Waals surface area (Å²) in [5.74, 6) is -2.70. The number of H-pyrrole nitrogens is 1. The van der Waals surface area contributed by atoms with E-state index in [9.17, 15) is 13.6 Å². The lowest BCUT2D eigenvalue weighted by Crippen LogP contribution is -2.45. The van der Waals surface area contributed by atoms with Gasteiger partial charge in [-0.3, -0.25) is 9.89 Å². The maximum Gasteiger partial charge on any atom is 0.249 e. The predicted molar refractivity (Wildman–Crippen MR) is 138 cm³/mol. The molecule has 3 heterocycles. The molecule has 3 aliphatic rings. The van der Waals surface area contributed by atoms with Crippen LogP contribution in [0.4, 0.5) is 14.5 Å². The molecule has 1 fully saturated rings. The highest BCUT2D eigenvalue weighted by molar-refractivity contribution is 6.00. The van der Waals surface area contributed by atoms with Gasteiger partial charge in [-0.05, 0) is 59.9 Å². The largest absolute Gasteiger partial charge is 0.362 e. The van der Waals surface area contributed by atoms with Gasteiger partial charge < -0.3 is 15.5 Å². The molecule has 0 radical (unpaired) electrons. The first kappa shape index (κ1) is 23.4. The lowest BCUT2D eigenvalue weighted by atomic mass is 9.80. The molecule has 0 unspecified atom stereocenters. The fraction of sp³-hybridized carbons (Fsp3) is 0.321. The molecule has 0 spiro atoms. The van der Waals surface area contributed by atoms with E-state index in [1.54, 1.807) is 11.1 Å². The third kappa shape index (κ3) is 4.39. The van der Waals surface area contributed by atoms with Crippen molar-refractivity contribution in [3.05, 3.63) is 82.8 Å².